The van der Waals surface area contributed by atoms with Gasteiger partial charge in [-0.05, 0) is 6.92 Å². The molecule has 866 valence electrons. The molecule has 0 radical (unpaired) electrons. The smallest absolute Gasteiger partial charge is 0.217 e. The highest BCUT2D eigenvalue weighted by Crippen LogP contribution is 2.43. The van der Waals surface area contributed by atoms with E-state index >= 15 is 0 Å². The molecule has 12 saturated heterocycles. The maximum atomic E-state index is 13.6. The van der Waals surface area contributed by atoms with E-state index in [2.05, 4.69) is 31.9 Å². The van der Waals surface area contributed by atoms with Gasteiger partial charge in [-0.15, -0.1) is 0 Å². The number of nitrogens with one attached hydrogen (secondary N) is 6. The predicted octanol–water partition coefficient (Wildman–Crippen LogP) is -25.3. The van der Waals surface area contributed by atoms with Gasteiger partial charge in [0, 0.05) is 41.5 Å². The standard InChI is InChI=1S/C84H140N6O60/c1-19-43(105)56(118)60(122)79(131-19)129-18-36-69(52(114)37(73(127)132-36)85-20(2)99)144-77-41(89-24(6)103)54(116)67(32(14-97)138-77)147-82-64(126)70(148-84-72(150-75-39(87-22(4)101)51(113)45(107)27(9-92)134-75)63(125)68(33(15-98)140-84)143-76-40(88-23(5)102)53(115)65(30(12-95)137-76)145-80-61(123)57(119)46(108)28(10-93)135-80)49(111)35(141-82)17-130-83-71(59(121)48(110)34(142-83)16-128-74-38(86-21(3)100)50(112)44(106)26(8-91)133-74)149-78-42(90-25(7)104)55(117)66(31(13-96)139-78)146-81-62(124)58(120)47(109)29(11-94)136-81/h19,26-84,91-98,105-127H,8-18H2,1-7H3,(H,85,99)(H,86,100)(H,87,101)(H,88,102)(H,89,103)(H,90,104)/t19-,26+,27+,28+,29+,30+,31+,32+,33+,34+,35+,36+,37+,38+,39+,40+,41+,42+,43+,44+,45+,46-,47-,48+,49+,50+,51+,52+,53+,54+,55+,56-,57-,58-,59-,60-,61+,62+,63-,64-,65+,66+,67+,68+,69+,70-,71-,72-,73+,74+,75-,76-,77-,78-,79+,80-,81-,82-,83-,84+/m0/s1. The molecule has 66 nitrogen and oxygen atoms in total. The molecule has 6 amide bonds. The van der Waals surface area contributed by atoms with Gasteiger partial charge in [0.2, 0.25) is 35.4 Å². The molecule has 0 unspecified atom stereocenters. The number of hydrogen-bond donors (Lipinski definition) is 37. The summed E-state index contributed by atoms with van der Waals surface area (Å²) >= 11 is 0. The topological polar surface area (TPSA) is 1010 Å². The van der Waals surface area contributed by atoms with Crippen LogP contribution in [0.15, 0.2) is 0 Å². The molecule has 12 fully saturated rings. The molecular weight excluding hydrogens is 2050 g/mol. The Balaban J connectivity index is 0.943. The second-order valence-electron chi connectivity index (χ2n) is 38.1. The molecule has 0 aromatic rings. The molecule has 0 bridgehead atoms. The monoisotopic (exact) mass is 2190 g/mol. The van der Waals surface area contributed by atoms with Crippen molar-refractivity contribution >= 4 is 35.4 Å². The van der Waals surface area contributed by atoms with Crippen LogP contribution in [-0.4, -0.2) is 635 Å². The van der Waals surface area contributed by atoms with E-state index in [-0.39, 0.29) is 0 Å². The first-order chi connectivity index (χ1) is 70.9. The summed E-state index contributed by atoms with van der Waals surface area (Å²) in [6.45, 7) is -6.15. The summed E-state index contributed by atoms with van der Waals surface area (Å²) in [6, 6.07) is -11.9. The highest BCUT2D eigenvalue weighted by molar-refractivity contribution is 5.75. The van der Waals surface area contributed by atoms with Crippen LogP contribution in [0.3, 0.4) is 0 Å². The van der Waals surface area contributed by atoms with Crippen LogP contribution in [-0.2, 0) is 138 Å². The molecule has 37 N–H and O–H groups in total. The molecule has 12 aliphatic rings. The van der Waals surface area contributed by atoms with Gasteiger partial charge in [-0.2, -0.15) is 0 Å². The molecule has 0 saturated carbocycles. The molecule has 0 aromatic heterocycles. The van der Waals surface area contributed by atoms with E-state index in [1.54, 1.807) is 0 Å². The number of rotatable bonds is 39. The number of aliphatic hydroxyl groups excluding tert-OH is 31. The van der Waals surface area contributed by atoms with Gasteiger partial charge in [0.15, 0.2) is 75.5 Å². The molecular formula is C84H140N6O60. The molecule has 12 heterocycles. The third kappa shape index (κ3) is 27.7. The van der Waals surface area contributed by atoms with Gasteiger partial charge < -0.3 is 299 Å². The van der Waals surface area contributed by atoms with E-state index in [4.69, 9.17) is 109 Å². The van der Waals surface area contributed by atoms with Crippen LogP contribution < -0.4 is 31.9 Å². The van der Waals surface area contributed by atoms with Crippen molar-refractivity contribution in [3.8, 4) is 0 Å². The zero-order valence-electron chi connectivity index (χ0n) is 81.1. The SMILES string of the molecule is CC(=O)N[C@@H]1[C@@H](O)[C@H](O[C@@H]2O[C@H](CO)[C@@H](O[C@@H]3O[C@H](CO[C@H]4O[C@H](CO[C@@H]5O[C@H](CO)[C@@H](O)[C@H](O)[C@H]5NC(C)=O)[C@@H](O)[C@H](O)[C@@H]4O[C@@H]4O[C@H](CO)[C@@H](O[C@@H]5O[C@H](CO)[C@H](O)[C@H](O)[C@H]5O)[C@H](O)[C@H]4NC(C)=O)[C@@H](O)[C@H](O[C@H]4O[C@H](CO)[C@@H](O[C@@H]5O[C@H](CO)[C@@H](O[C@@H]6O[C@H](CO)[C@H](O)[C@H](O)[C@H]6O)[C@H](O)[C@H]5NC(C)=O)[C@H](O)[C@@H]4O[C@@H]4O[C@H](CO)[C@@H](O)[C@H](O)[C@H]4NC(C)=O)[C@@H]3O)[C@H](O)[C@H]2NC(C)=O)[C@@H](CO[C@@H]2O[C@@H](C)[C@@H](O)[C@H](O)[C@@H]2O)O[C@H]1O. The number of amides is 6. The summed E-state index contributed by atoms with van der Waals surface area (Å²) in [4.78, 5) is 78.5. The summed E-state index contributed by atoms with van der Waals surface area (Å²) in [7, 11) is 0. The van der Waals surface area contributed by atoms with Gasteiger partial charge in [0.1, 0.15) is 287 Å². The Kier molecular flexibility index (Phi) is 44.4. The molecule has 60 atom stereocenters. The number of aliphatic hydroxyl groups is 31. The minimum atomic E-state index is -2.81. The fraction of sp³-hybridized carbons (Fsp3) is 0.929. The van der Waals surface area contributed by atoms with Crippen LogP contribution in [0.5, 0.6) is 0 Å². The molecule has 12 rings (SSSR count). The molecule has 150 heavy (non-hydrogen) atoms. The summed E-state index contributed by atoms with van der Waals surface area (Å²) in [5.41, 5.74) is 0. The first-order valence-corrected chi connectivity index (χ1v) is 48.0. The van der Waals surface area contributed by atoms with Crippen molar-refractivity contribution in [2.75, 3.05) is 72.7 Å². The van der Waals surface area contributed by atoms with E-state index in [0.29, 0.717) is 0 Å². The van der Waals surface area contributed by atoms with Crippen molar-refractivity contribution < 1.29 is 296 Å². The van der Waals surface area contributed by atoms with Gasteiger partial charge in [-0.25, -0.2) is 0 Å². The average molecular weight is 2190 g/mol. The first kappa shape index (κ1) is 123. The first-order valence-electron chi connectivity index (χ1n) is 48.0. The van der Waals surface area contributed by atoms with Crippen LogP contribution in [0.2, 0.25) is 0 Å². The largest absolute Gasteiger partial charge is 0.394 e. The number of hydrogen-bond acceptors (Lipinski definition) is 60. The summed E-state index contributed by atoms with van der Waals surface area (Å²) in [5.74, 6) is -5.89. The van der Waals surface area contributed by atoms with Crippen LogP contribution in [0.4, 0.5) is 0 Å². The Bertz CT molecular complexity index is 4250. The summed E-state index contributed by atoms with van der Waals surface area (Å²) in [6.07, 6.45) is -117. The minimum absolute atomic E-state index is 0.872. The van der Waals surface area contributed by atoms with Gasteiger partial charge in [0.05, 0.1) is 78.8 Å². The Labute approximate surface area is 849 Å². The highest BCUT2D eigenvalue weighted by Gasteiger charge is 2.64. The van der Waals surface area contributed by atoms with Gasteiger partial charge in [0.25, 0.3) is 0 Å². The Morgan fingerprint density at radius 1 is 0.187 bits per heavy atom. The molecule has 12 aliphatic heterocycles. The van der Waals surface area contributed by atoms with Crippen LogP contribution in [0.1, 0.15) is 48.5 Å². The summed E-state index contributed by atoms with van der Waals surface area (Å²) < 4.78 is 139. The van der Waals surface area contributed by atoms with Crippen molar-refractivity contribution in [1.82, 2.24) is 31.9 Å². The average Bonchev–Trinajstić information content (AvgIpc) is 0.755. The van der Waals surface area contributed by atoms with E-state index < -0.39 is 476 Å². The predicted molar refractivity (Wildman–Crippen MR) is 463 cm³/mol. The van der Waals surface area contributed by atoms with Gasteiger partial charge >= 0.3 is 0 Å². The lowest BCUT2D eigenvalue weighted by molar-refractivity contribution is -0.405. The second-order valence-corrected chi connectivity index (χ2v) is 38.1. The maximum absolute atomic E-state index is 13.6. The van der Waals surface area contributed by atoms with Crippen LogP contribution in [0.25, 0.3) is 0 Å². The molecule has 0 aromatic carbocycles. The Morgan fingerprint density at radius 2 is 0.427 bits per heavy atom. The van der Waals surface area contributed by atoms with Crippen molar-refractivity contribution in [2.45, 2.75) is 417 Å². The van der Waals surface area contributed by atoms with E-state index in [1.165, 1.54) is 6.92 Å². The Morgan fingerprint density at radius 3 is 0.820 bits per heavy atom. The van der Waals surface area contributed by atoms with Crippen molar-refractivity contribution in [3.63, 3.8) is 0 Å². The quantitative estimate of drug-likeness (QED) is 0.0272. The lowest BCUT2D eigenvalue weighted by Crippen LogP contribution is -2.71. The van der Waals surface area contributed by atoms with Gasteiger partial charge in [-0.3, -0.25) is 28.8 Å². The molecule has 0 aliphatic carbocycles. The number of carbonyl (C=O) groups is 6. The molecule has 66 heteroatoms. The van der Waals surface area contributed by atoms with Crippen LogP contribution >= 0.6 is 0 Å². The normalized spacial score (nSPS) is 48.8. The van der Waals surface area contributed by atoms with Crippen molar-refractivity contribution in [1.29, 1.82) is 0 Å². The summed E-state index contributed by atoms with van der Waals surface area (Å²) in [5, 5.41) is 367. The highest BCUT2D eigenvalue weighted by atomic mass is 16.8. The van der Waals surface area contributed by atoms with Crippen molar-refractivity contribution in [3.05, 3.63) is 0 Å². The zero-order valence-corrected chi connectivity index (χ0v) is 81.1. The maximum Gasteiger partial charge on any atom is 0.217 e. The third-order valence-electron chi connectivity index (χ3n) is 27.4. The van der Waals surface area contributed by atoms with E-state index in [9.17, 15) is 187 Å². The lowest BCUT2D eigenvalue weighted by Gasteiger charge is -2.52. The molecule has 0 spiro atoms. The van der Waals surface area contributed by atoms with Crippen LogP contribution in [0, 0.1) is 0 Å². The van der Waals surface area contributed by atoms with Gasteiger partial charge in [-0.1, -0.05) is 0 Å². The lowest BCUT2D eigenvalue weighted by atomic mass is 9.93. The van der Waals surface area contributed by atoms with E-state index in [1.807, 2.05) is 0 Å². The van der Waals surface area contributed by atoms with Crippen molar-refractivity contribution in [2.24, 2.45) is 0 Å². The fourth-order valence-electron chi connectivity index (χ4n) is 19.5. The second kappa shape index (κ2) is 54.0. The van der Waals surface area contributed by atoms with E-state index in [0.717, 1.165) is 41.5 Å². The third-order valence-corrected chi connectivity index (χ3v) is 27.4. The Hall–Kier alpha value is -5.34. The minimum Gasteiger partial charge on any atom is -0.394 e. The zero-order chi connectivity index (χ0) is 110. The fourth-order valence-corrected chi connectivity index (χ4v) is 19.5. The number of ether oxygens (including phenoxy) is 23. The number of carbonyl (C=O) groups excluding carboxylic acids is 6.